The number of methoxy groups -OCH3 is 1. The number of aromatic nitrogens is 3. The minimum Gasteiger partial charge on any atom is -0.382 e. The quantitative estimate of drug-likeness (QED) is 0.733. The molecule has 0 saturated carbocycles. The van der Waals surface area contributed by atoms with Crippen LogP contribution in [0.25, 0.3) is 0 Å². The highest BCUT2D eigenvalue weighted by molar-refractivity contribution is 4.87. The van der Waals surface area contributed by atoms with Gasteiger partial charge in [0, 0.05) is 13.5 Å². The molecule has 0 saturated heterocycles. The van der Waals surface area contributed by atoms with Gasteiger partial charge in [0.05, 0.1) is 6.10 Å². The van der Waals surface area contributed by atoms with E-state index in [1.54, 1.807) is 7.11 Å². The van der Waals surface area contributed by atoms with Gasteiger partial charge in [-0.1, -0.05) is 0 Å². The second-order valence-corrected chi connectivity index (χ2v) is 2.92. The van der Waals surface area contributed by atoms with Gasteiger partial charge < -0.3 is 4.74 Å². The number of nitrogens with zero attached hydrogens (tertiary/aromatic N) is 2. The molecule has 0 aliphatic heterocycles. The maximum absolute atomic E-state index is 5.11. The summed E-state index contributed by atoms with van der Waals surface area (Å²) in [6.45, 7) is 3.94. The molecular weight excluding hydrogens is 154 g/mol. The largest absolute Gasteiger partial charge is 0.382 e. The fourth-order valence-corrected chi connectivity index (χ4v) is 0.951. The van der Waals surface area contributed by atoms with Gasteiger partial charge in [-0.3, -0.25) is 5.10 Å². The third-order valence-corrected chi connectivity index (χ3v) is 1.82. The molecular formula is C8H15N3O. The molecule has 1 aromatic rings. The van der Waals surface area contributed by atoms with Crippen molar-refractivity contribution in [2.45, 2.75) is 32.8 Å². The van der Waals surface area contributed by atoms with Crippen molar-refractivity contribution in [3.8, 4) is 0 Å². The number of ether oxygens (including phenoxy) is 1. The molecule has 12 heavy (non-hydrogen) atoms. The monoisotopic (exact) mass is 169 g/mol. The normalized spacial score (nSPS) is 13.2. The second kappa shape index (κ2) is 4.21. The molecule has 0 bridgehead atoms. The fourth-order valence-electron chi connectivity index (χ4n) is 0.951. The minimum atomic E-state index is 0.281. The first kappa shape index (κ1) is 9.19. The number of H-pyrrole nitrogens is 1. The SMILES string of the molecule is COC(C)CCc1n[nH]c(C)n1. The van der Waals surface area contributed by atoms with Crippen molar-refractivity contribution in [1.82, 2.24) is 15.2 Å². The van der Waals surface area contributed by atoms with Gasteiger partial charge in [0.1, 0.15) is 5.82 Å². The molecule has 1 atom stereocenters. The molecule has 1 N–H and O–H groups in total. The van der Waals surface area contributed by atoms with E-state index in [0.717, 1.165) is 24.5 Å². The summed E-state index contributed by atoms with van der Waals surface area (Å²) in [6.07, 6.45) is 2.12. The summed E-state index contributed by atoms with van der Waals surface area (Å²) < 4.78 is 5.11. The van der Waals surface area contributed by atoms with E-state index in [2.05, 4.69) is 15.2 Å². The summed E-state index contributed by atoms with van der Waals surface area (Å²) in [6, 6.07) is 0. The zero-order valence-corrected chi connectivity index (χ0v) is 7.79. The van der Waals surface area contributed by atoms with Crippen molar-refractivity contribution in [2.75, 3.05) is 7.11 Å². The van der Waals surface area contributed by atoms with Gasteiger partial charge >= 0.3 is 0 Å². The Morgan fingerprint density at radius 1 is 1.58 bits per heavy atom. The summed E-state index contributed by atoms with van der Waals surface area (Å²) in [4.78, 5) is 4.19. The van der Waals surface area contributed by atoms with Crippen molar-refractivity contribution >= 4 is 0 Å². The third kappa shape index (κ3) is 2.62. The van der Waals surface area contributed by atoms with Crippen LogP contribution in [0.3, 0.4) is 0 Å². The Balaban J connectivity index is 2.33. The average Bonchev–Trinajstić information content (AvgIpc) is 2.47. The number of aromatic amines is 1. The van der Waals surface area contributed by atoms with E-state index in [0.29, 0.717) is 0 Å². The van der Waals surface area contributed by atoms with Crippen LogP contribution in [0.1, 0.15) is 25.0 Å². The smallest absolute Gasteiger partial charge is 0.150 e. The van der Waals surface area contributed by atoms with E-state index >= 15 is 0 Å². The number of hydrogen-bond acceptors (Lipinski definition) is 3. The Morgan fingerprint density at radius 2 is 2.33 bits per heavy atom. The minimum absolute atomic E-state index is 0.281. The van der Waals surface area contributed by atoms with Crippen molar-refractivity contribution in [1.29, 1.82) is 0 Å². The van der Waals surface area contributed by atoms with Crippen LogP contribution in [0.2, 0.25) is 0 Å². The Kier molecular flexibility index (Phi) is 3.22. The van der Waals surface area contributed by atoms with Crippen LogP contribution in [0.15, 0.2) is 0 Å². The maximum Gasteiger partial charge on any atom is 0.150 e. The fraction of sp³-hybridized carbons (Fsp3) is 0.750. The Morgan fingerprint density at radius 3 is 2.83 bits per heavy atom. The molecule has 0 radical (unpaired) electrons. The van der Waals surface area contributed by atoms with Crippen LogP contribution in [0, 0.1) is 6.92 Å². The van der Waals surface area contributed by atoms with E-state index in [1.807, 2.05) is 13.8 Å². The van der Waals surface area contributed by atoms with Gasteiger partial charge in [0.2, 0.25) is 0 Å². The summed E-state index contributed by atoms with van der Waals surface area (Å²) >= 11 is 0. The van der Waals surface area contributed by atoms with Gasteiger partial charge in [-0.15, -0.1) is 0 Å². The highest BCUT2D eigenvalue weighted by Crippen LogP contribution is 2.01. The Labute approximate surface area is 72.4 Å². The van der Waals surface area contributed by atoms with E-state index in [-0.39, 0.29) is 6.10 Å². The number of aryl methyl sites for hydroxylation is 2. The lowest BCUT2D eigenvalue weighted by molar-refractivity contribution is 0.111. The first-order valence-electron chi connectivity index (χ1n) is 4.13. The van der Waals surface area contributed by atoms with E-state index in [9.17, 15) is 0 Å². The molecule has 1 aromatic heterocycles. The first-order chi connectivity index (χ1) is 5.72. The van der Waals surface area contributed by atoms with Crippen molar-refractivity contribution in [3.05, 3.63) is 11.6 Å². The van der Waals surface area contributed by atoms with Gasteiger partial charge in [-0.25, -0.2) is 4.98 Å². The van der Waals surface area contributed by atoms with Crippen molar-refractivity contribution in [2.24, 2.45) is 0 Å². The van der Waals surface area contributed by atoms with Crippen LogP contribution >= 0.6 is 0 Å². The average molecular weight is 169 g/mol. The molecule has 0 aliphatic rings. The molecule has 0 aliphatic carbocycles. The molecule has 1 heterocycles. The van der Waals surface area contributed by atoms with E-state index in [4.69, 9.17) is 4.74 Å². The predicted molar refractivity (Wildman–Crippen MR) is 45.9 cm³/mol. The van der Waals surface area contributed by atoms with Gasteiger partial charge in [0.15, 0.2) is 5.82 Å². The second-order valence-electron chi connectivity index (χ2n) is 2.92. The van der Waals surface area contributed by atoms with Crippen LogP contribution in [0.5, 0.6) is 0 Å². The Bertz CT molecular complexity index is 234. The zero-order valence-electron chi connectivity index (χ0n) is 7.79. The zero-order chi connectivity index (χ0) is 8.97. The van der Waals surface area contributed by atoms with E-state index < -0.39 is 0 Å². The first-order valence-corrected chi connectivity index (χ1v) is 4.13. The van der Waals surface area contributed by atoms with Crippen LogP contribution in [-0.4, -0.2) is 28.4 Å². The molecule has 0 aromatic carbocycles. The molecule has 4 heteroatoms. The van der Waals surface area contributed by atoms with Crippen molar-refractivity contribution in [3.63, 3.8) is 0 Å². The van der Waals surface area contributed by atoms with Gasteiger partial charge in [0.25, 0.3) is 0 Å². The van der Waals surface area contributed by atoms with E-state index in [1.165, 1.54) is 0 Å². The third-order valence-electron chi connectivity index (χ3n) is 1.82. The summed E-state index contributed by atoms with van der Waals surface area (Å²) in [5.41, 5.74) is 0. The molecule has 1 rings (SSSR count). The molecule has 0 amide bonds. The predicted octanol–water partition coefficient (Wildman–Crippen LogP) is 1.08. The highest BCUT2D eigenvalue weighted by atomic mass is 16.5. The standard InChI is InChI=1S/C8H15N3O/c1-6(12-3)4-5-8-9-7(2)10-11-8/h6H,4-5H2,1-3H3,(H,9,10,11). The van der Waals surface area contributed by atoms with Crippen molar-refractivity contribution < 1.29 is 4.74 Å². The van der Waals surface area contributed by atoms with Crippen LogP contribution in [0.4, 0.5) is 0 Å². The molecule has 0 spiro atoms. The molecule has 4 nitrogen and oxygen atoms in total. The number of hydrogen-bond donors (Lipinski definition) is 1. The molecule has 0 fully saturated rings. The summed E-state index contributed by atoms with van der Waals surface area (Å²) in [5, 5.41) is 6.84. The van der Waals surface area contributed by atoms with Gasteiger partial charge in [-0.05, 0) is 20.3 Å². The number of rotatable bonds is 4. The topological polar surface area (TPSA) is 50.8 Å². The lowest BCUT2D eigenvalue weighted by Gasteiger charge is -2.05. The lowest BCUT2D eigenvalue weighted by atomic mass is 10.2. The van der Waals surface area contributed by atoms with Crippen LogP contribution < -0.4 is 0 Å². The van der Waals surface area contributed by atoms with Crippen LogP contribution in [-0.2, 0) is 11.2 Å². The number of nitrogens with one attached hydrogen (secondary N) is 1. The lowest BCUT2D eigenvalue weighted by Crippen LogP contribution is -2.06. The summed E-state index contributed by atoms with van der Waals surface area (Å²) in [7, 11) is 1.72. The molecule has 68 valence electrons. The van der Waals surface area contributed by atoms with Gasteiger partial charge in [-0.2, -0.15) is 5.10 Å². The maximum atomic E-state index is 5.11. The summed E-state index contributed by atoms with van der Waals surface area (Å²) in [5.74, 6) is 1.74. The molecule has 1 unspecified atom stereocenters. The highest BCUT2D eigenvalue weighted by Gasteiger charge is 2.03. The Hall–Kier alpha value is -0.900.